The second kappa shape index (κ2) is 14.7. The number of hydrogen-bond acceptors (Lipinski definition) is 12. The molecule has 0 N–H and O–H groups in total. The fraction of sp³-hybridized carbons (Fsp3) is 0. The van der Waals surface area contributed by atoms with Crippen molar-refractivity contribution in [1.82, 2.24) is 9.97 Å². The predicted molar refractivity (Wildman–Crippen MR) is 202 cm³/mol. The molecule has 0 bridgehead atoms. The summed E-state index contributed by atoms with van der Waals surface area (Å²) in [6.45, 7) is 0. The van der Waals surface area contributed by atoms with Crippen molar-refractivity contribution < 1.29 is 25.2 Å². The molecule has 0 aliphatic heterocycles. The Kier molecular flexibility index (Phi) is 9.87. The summed E-state index contributed by atoms with van der Waals surface area (Å²) in [7, 11) is -8.22. The third kappa shape index (κ3) is 7.74. The minimum absolute atomic E-state index is 0.00500. The molecule has 7 aromatic rings. The fourth-order valence-electron chi connectivity index (χ4n) is 4.92. The molecule has 258 valence electrons. The monoisotopic (exact) mass is 856 g/mol. The molecule has 2 heterocycles. The van der Waals surface area contributed by atoms with Gasteiger partial charge in [0.15, 0.2) is 11.5 Å². The molecule has 0 saturated carbocycles. The van der Waals surface area contributed by atoms with Gasteiger partial charge in [0, 0.05) is 32.1 Å². The van der Waals surface area contributed by atoms with E-state index in [-0.39, 0.29) is 21.3 Å². The summed E-state index contributed by atoms with van der Waals surface area (Å²) in [5.74, 6) is 0.118. The summed E-state index contributed by atoms with van der Waals surface area (Å²) in [5, 5.41) is 18.5. The Morgan fingerprint density at radius 3 is 1.23 bits per heavy atom. The van der Waals surface area contributed by atoms with Gasteiger partial charge in [0.25, 0.3) is 0 Å². The third-order valence-corrected chi connectivity index (χ3v) is 11.0. The van der Waals surface area contributed by atoms with E-state index in [1.165, 1.54) is 48.8 Å². The lowest BCUT2D eigenvalue weighted by atomic mass is 10.2. The lowest BCUT2D eigenvalue weighted by molar-refractivity contribution is 0.486. The van der Waals surface area contributed by atoms with E-state index in [4.69, 9.17) is 8.37 Å². The molecule has 0 atom stereocenters. The summed E-state index contributed by atoms with van der Waals surface area (Å²) in [5.41, 5.74) is 2.58. The van der Waals surface area contributed by atoms with Gasteiger partial charge in [-0.3, -0.25) is 9.97 Å². The van der Waals surface area contributed by atoms with Crippen LogP contribution in [-0.2, 0) is 20.2 Å². The molecule has 0 saturated heterocycles. The van der Waals surface area contributed by atoms with E-state index in [1.807, 2.05) is 0 Å². The lowest BCUT2D eigenvalue weighted by Crippen LogP contribution is -2.10. The van der Waals surface area contributed by atoms with Gasteiger partial charge in [-0.2, -0.15) is 27.1 Å². The molecule has 5 aromatic carbocycles. The Hall–Kier alpha value is -5.42. The minimum atomic E-state index is -4.11. The Morgan fingerprint density at radius 1 is 0.462 bits per heavy atom. The van der Waals surface area contributed by atoms with Gasteiger partial charge in [0.2, 0.25) is 0 Å². The summed E-state index contributed by atoms with van der Waals surface area (Å²) >= 11 is 6.60. The van der Waals surface area contributed by atoms with Crippen molar-refractivity contribution >= 4 is 96.7 Å². The third-order valence-electron chi connectivity index (χ3n) is 7.42. The molecule has 0 radical (unpaired) electrons. The number of pyridine rings is 2. The maximum absolute atomic E-state index is 12.9. The van der Waals surface area contributed by atoms with Gasteiger partial charge >= 0.3 is 20.2 Å². The number of aromatic nitrogens is 2. The van der Waals surface area contributed by atoms with Crippen LogP contribution in [0.2, 0.25) is 0 Å². The van der Waals surface area contributed by atoms with Crippen molar-refractivity contribution in [3.8, 4) is 11.5 Å². The first-order chi connectivity index (χ1) is 25.1. The molecule has 0 aliphatic rings. The van der Waals surface area contributed by atoms with Crippen LogP contribution in [0.15, 0.2) is 173 Å². The van der Waals surface area contributed by atoms with Crippen LogP contribution >= 0.6 is 31.9 Å². The van der Waals surface area contributed by atoms with Gasteiger partial charge < -0.3 is 8.37 Å². The summed E-state index contributed by atoms with van der Waals surface area (Å²) in [6.07, 6.45) is 3.07. The fourth-order valence-corrected chi connectivity index (χ4v) is 7.32. The van der Waals surface area contributed by atoms with Crippen molar-refractivity contribution in [2.24, 2.45) is 20.5 Å². The molecule has 52 heavy (non-hydrogen) atoms. The number of benzene rings is 5. The van der Waals surface area contributed by atoms with Crippen LogP contribution < -0.4 is 8.37 Å². The maximum atomic E-state index is 12.9. The summed E-state index contributed by atoms with van der Waals surface area (Å²) in [6, 6.07) is 32.2. The van der Waals surface area contributed by atoms with E-state index >= 15 is 0 Å². The Balaban J connectivity index is 1.08. The van der Waals surface area contributed by atoms with Crippen LogP contribution in [0.25, 0.3) is 21.8 Å². The van der Waals surface area contributed by atoms with Crippen LogP contribution in [0.5, 0.6) is 11.5 Å². The summed E-state index contributed by atoms with van der Waals surface area (Å²) in [4.78, 5) is 8.69. The standard InChI is InChI=1S/C36H22Br2N6O6S2/c37-23-5-13-27(14-6-23)51(45,46)49-33-19-17-31(29-3-1-21-39-35(29)33)43-41-25-9-11-26(12-10-25)42-44-32-18-20-34(36-30(32)4-2-22-40-36)50-52(47,48)28-15-7-24(38)8-16-28/h1-22H. The first-order valence-corrected chi connectivity index (χ1v) is 19.6. The normalized spacial score (nSPS) is 12.2. The van der Waals surface area contributed by atoms with Gasteiger partial charge in [-0.05, 0) is 121 Å². The van der Waals surface area contributed by atoms with Gasteiger partial charge in [-0.1, -0.05) is 31.9 Å². The highest BCUT2D eigenvalue weighted by Crippen LogP contribution is 2.36. The maximum Gasteiger partial charge on any atom is 0.339 e. The average molecular weight is 859 g/mol. The van der Waals surface area contributed by atoms with Gasteiger partial charge in [0.1, 0.15) is 20.8 Å². The van der Waals surface area contributed by atoms with Crippen LogP contribution in [0.1, 0.15) is 0 Å². The molecule has 7 rings (SSSR count). The molecule has 0 unspecified atom stereocenters. The zero-order valence-corrected chi connectivity index (χ0v) is 31.2. The number of fused-ring (bicyclic) bond motifs is 2. The first-order valence-electron chi connectivity index (χ1n) is 15.1. The zero-order chi connectivity index (χ0) is 36.3. The largest absolute Gasteiger partial charge is 0.377 e. The second-order valence-electron chi connectivity index (χ2n) is 10.9. The number of hydrogen-bond donors (Lipinski definition) is 0. The van der Waals surface area contributed by atoms with Crippen molar-refractivity contribution in [1.29, 1.82) is 0 Å². The van der Waals surface area contributed by atoms with Crippen molar-refractivity contribution in [3.05, 3.63) is 143 Å². The average Bonchev–Trinajstić information content (AvgIpc) is 3.15. The van der Waals surface area contributed by atoms with E-state index in [2.05, 4.69) is 62.3 Å². The van der Waals surface area contributed by atoms with Crippen molar-refractivity contribution in [3.63, 3.8) is 0 Å². The Bertz CT molecular complexity index is 2540. The zero-order valence-electron chi connectivity index (χ0n) is 26.4. The molecular formula is C36H22Br2N6O6S2. The molecule has 0 spiro atoms. The number of azo groups is 2. The van der Waals surface area contributed by atoms with Gasteiger partial charge in [-0.15, -0.1) is 10.2 Å². The molecule has 2 aromatic heterocycles. The molecule has 0 amide bonds. The highest BCUT2D eigenvalue weighted by molar-refractivity contribution is 9.10. The van der Waals surface area contributed by atoms with E-state index < -0.39 is 20.2 Å². The van der Waals surface area contributed by atoms with Gasteiger partial charge in [-0.25, -0.2) is 0 Å². The smallest absolute Gasteiger partial charge is 0.339 e. The van der Waals surface area contributed by atoms with Crippen molar-refractivity contribution in [2.75, 3.05) is 0 Å². The highest BCUT2D eigenvalue weighted by Gasteiger charge is 2.21. The predicted octanol–water partition coefficient (Wildman–Crippen LogP) is 10.7. The van der Waals surface area contributed by atoms with Crippen molar-refractivity contribution in [2.45, 2.75) is 9.79 Å². The topological polar surface area (TPSA) is 162 Å². The molecule has 0 aliphatic carbocycles. The Morgan fingerprint density at radius 2 is 0.846 bits per heavy atom. The van der Waals surface area contributed by atoms with Crippen LogP contribution in [0, 0.1) is 0 Å². The molecule has 16 heteroatoms. The van der Waals surface area contributed by atoms with Gasteiger partial charge in [0.05, 0.1) is 22.7 Å². The first kappa shape index (κ1) is 35.0. The number of rotatable bonds is 10. The lowest BCUT2D eigenvalue weighted by Gasteiger charge is -2.10. The summed E-state index contributed by atoms with van der Waals surface area (Å²) < 4.78 is 64.1. The molecule has 12 nitrogen and oxygen atoms in total. The van der Waals surface area contributed by atoms with Crippen LogP contribution in [0.3, 0.4) is 0 Å². The quantitative estimate of drug-likeness (QED) is 0.0969. The number of halogens is 2. The molecule has 0 fully saturated rings. The van der Waals surface area contributed by atoms with E-state index in [0.717, 1.165) is 8.95 Å². The minimum Gasteiger partial charge on any atom is -0.377 e. The molecular weight excluding hydrogens is 836 g/mol. The Labute approximate surface area is 314 Å². The van der Waals surface area contributed by atoms with E-state index in [0.29, 0.717) is 44.6 Å². The van der Waals surface area contributed by atoms with Crippen LogP contribution in [-0.4, -0.2) is 26.8 Å². The highest BCUT2D eigenvalue weighted by atomic mass is 79.9. The second-order valence-corrected chi connectivity index (χ2v) is 15.8. The number of nitrogens with zero attached hydrogens (tertiary/aromatic N) is 6. The van der Waals surface area contributed by atoms with E-state index in [9.17, 15) is 16.8 Å². The SMILES string of the molecule is O=S(=O)(Oc1ccc(N=Nc2ccc(N=Nc3ccc(OS(=O)(=O)c4ccc(Br)cc4)c4ncccc34)cc2)c2cccnc12)c1ccc(Br)cc1. The van der Waals surface area contributed by atoms with E-state index in [1.54, 1.807) is 84.9 Å². The van der Waals surface area contributed by atoms with Crippen LogP contribution in [0.4, 0.5) is 22.7 Å².